The molecule has 0 amide bonds. The van der Waals surface area contributed by atoms with Crippen LogP contribution in [0.1, 0.15) is 17.0 Å². The number of aromatic nitrogens is 2. The fourth-order valence-corrected chi connectivity index (χ4v) is 1.25. The van der Waals surface area contributed by atoms with Crippen LogP contribution in [0.25, 0.3) is 0 Å². The fourth-order valence-electron chi connectivity index (χ4n) is 1.25. The van der Waals surface area contributed by atoms with Crippen molar-refractivity contribution in [1.29, 1.82) is 0 Å². The van der Waals surface area contributed by atoms with Crippen LogP contribution in [0.4, 0.5) is 5.82 Å². The fraction of sp³-hybridized carbons (Fsp3) is 0.273. The van der Waals surface area contributed by atoms with Crippen molar-refractivity contribution in [3.63, 3.8) is 0 Å². The van der Waals surface area contributed by atoms with Crippen LogP contribution >= 0.6 is 0 Å². The van der Waals surface area contributed by atoms with Crippen LogP contribution in [0.2, 0.25) is 0 Å². The quantitative estimate of drug-likeness (QED) is 0.831. The van der Waals surface area contributed by atoms with Crippen molar-refractivity contribution >= 4 is 5.82 Å². The van der Waals surface area contributed by atoms with Crippen molar-refractivity contribution in [3.8, 4) is 0 Å². The molecule has 0 saturated carbocycles. The third-order valence-electron chi connectivity index (χ3n) is 2.03. The van der Waals surface area contributed by atoms with Gasteiger partial charge in [-0.3, -0.25) is 0 Å². The molecule has 0 radical (unpaired) electrons. The van der Waals surface area contributed by atoms with E-state index >= 15 is 0 Å². The highest BCUT2D eigenvalue weighted by molar-refractivity contribution is 5.35. The van der Waals surface area contributed by atoms with E-state index < -0.39 is 0 Å². The Morgan fingerprint density at radius 2 is 2.20 bits per heavy atom. The van der Waals surface area contributed by atoms with E-state index in [0.717, 1.165) is 22.8 Å². The molecule has 1 N–H and O–H groups in total. The smallest absolute Gasteiger partial charge is 0.156 e. The van der Waals surface area contributed by atoms with E-state index in [0.29, 0.717) is 6.54 Å². The minimum Gasteiger partial charge on any atom is -0.363 e. The van der Waals surface area contributed by atoms with E-state index in [4.69, 9.17) is 4.52 Å². The van der Waals surface area contributed by atoms with Gasteiger partial charge in [-0.05, 0) is 25.5 Å². The minimum absolute atomic E-state index is 0.608. The highest BCUT2D eigenvalue weighted by Crippen LogP contribution is 2.07. The van der Waals surface area contributed by atoms with Crippen molar-refractivity contribution in [2.24, 2.45) is 0 Å². The lowest BCUT2D eigenvalue weighted by Gasteiger charge is -2.02. The summed E-state index contributed by atoms with van der Waals surface area (Å²) < 4.78 is 5.07. The van der Waals surface area contributed by atoms with Crippen molar-refractivity contribution < 1.29 is 4.52 Å². The predicted molar refractivity (Wildman–Crippen MR) is 57.5 cm³/mol. The van der Waals surface area contributed by atoms with Gasteiger partial charge in [0.2, 0.25) is 0 Å². The van der Waals surface area contributed by atoms with E-state index in [-0.39, 0.29) is 0 Å². The number of nitrogens with zero attached hydrogens (tertiary/aromatic N) is 2. The maximum absolute atomic E-state index is 5.07. The Hall–Kier alpha value is -1.84. The zero-order chi connectivity index (χ0) is 10.7. The number of anilines is 1. The molecule has 0 aliphatic carbocycles. The number of rotatable bonds is 3. The summed E-state index contributed by atoms with van der Waals surface area (Å²) in [5.74, 6) is 1.66. The first-order valence-electron chi connectivity index (χ1n) is 4.83. The van der Waals surface area contributed by atoms with Gasteiger partial charge in [-0.15, -0.1) is 0 Å². The van der Waals surface area contributed by atoms with Gasteiger partial charge >= 0.3 is 0 Å². The molecule has 2 rings (SSSR count). The second-order valence-corrected chi connectivity index (χ2v) is 3.51. The van der Waals surface area contributed by atoms with Crippen LogP contribution < -0.4 is 5.32 Å². The molecule has 0 aromatic carbocycles. The van der Waals surface area contributed by atoms with Gasteiger partial charge in [0.1, 0.15) is 5.82 Å². The third-order valence-corrected chi connectivity index (χ3v) is 2.03. The molecule has 0 saturated heterocycles. The molecule has 0 atom stereocenters. The molecule has 4 nitrogen and oxygen atoms in total. The molecule has 2 heterocycles. The molecule has 78 valence electrons. The first-order chi connectivity index (χ1) is 7.24. The van der Waals surface area contributed by atoms with Crippen LogP contribution in [0.5, 0.6) is 0 Å². The number of hydrogen-bond acceptors (Lipinski definition) is 4. The Kier molecular flexibility index (Phi) is 2.67. The van der Waals surface area contributed by atoms with Gasteiger partial charge in [0.25, 0.3) is 0 Å². The van der Waals surface area contributed by atoms with Gasteiger partial charge < -0.3 is 9.84 Å². The SMILES string of the molecule is Cc1ccc(NCc2cc(C)no2)nc1. The largest absolute Gasteiger partial charge is 0.363 e. The van der Waals surface area contributed by atoms with Gasteiger partial charge in [0.05, 0.1) is 12.2 Å². The molecular weight excluding hydrogens is 190 g/mol. The highest BCUT2D eigenvalue weighted by atomic mass is 16.5. The maximum Gasteiger partial charge on any atom is 0.156 e. The average Bonchev–Trinajstić information content (AvgIpc) is 2.64. The first kappa shape index (κ1) is 9.71. The number of hydrogen-bond donors (Lipinski definition) is 1. The Labute approximate surface area is 88.3 Å². The zero-order valence-electron chi connectivity index (χ0n) is 8.82. The van der Waals surface area contributed by atoms with E-state index in [1.807, 2.05) is 38.2 Å². The van der Waals surface area contributed by atoms with Crippen LogP contribution in [-0.2, 0) is 6.54 Å². The van der Waals surface area contributed by atoms with Gasteiger partial charge in [0, 0.05) is 12.3 Å². The second-order valence-electron chi connectivity index (χ2n) is 3.51. The van der Waals surface area contributed by atoms with Crippen LogP contribution in [-0.4, -0.2) is 10.1 Å². The number of nitrogens with one attached hydrogen (secondary N) is 1. The van der Waals surface area contributed by atoms with Crippen LogP contribution in [0, 0.1) is 13.8 Å². The lowest BCUT2D eigenvalue weighted by molar-refractivity contribution is 0.384. The lowest BCUT2D eigenvalue weighted by atomic mass is 10.3. The Morgan fingerprint density at radius 3 is 2.80 bits per heavy atom. The van der Waals surface area contributed by atoms with Gasteiger partial charge in [-0.2, -0.15) is 0 Å². The van der Waals surface area contributed by atoms with Gasteiger partial charge in [-0.25, -0.2) is 4.98 Å². The topological polar surface area (TPSA) is 51.0 Å². The molecule has 15 heavy (non-hydrogen) atoms. The molecule has 0 fully saturated rings. The van der Waals surface area contributed by atoms with Gasteiger partial charge in [-0.1, -0.05) is 11.2 Å². The van der Waals surface area contributed by atoms with Crippen molar-refractivity contribution in [3.05, 3.63) is 41.4 Å². The summed E-state index contributed by atoms with van der Waals surface area (Å²) >= 11 is 0. The summed E-state index contributed by atoms with van der Waals surface area (Å²) in [6.45, 7) is 4.52. The van der Waals surface area contributed by atoms with E-state index in [1.165, 1.54) is 0 Å². The van der Waals surface area contributed by atoms with Crippen LogP contribution in [0.3, 0.4) is 0 Å². The maximum atomic E-state index is 5.07. The Balaban J connectivity index is 1.96. The molecule has 4 heteroatoms. The van der Waals surface area contributed by atoms with E-state index in [1.54, 1.807) is 0 Å². The standard InChI is InChI=1S/C11H13N3O/c1-8-3-4-11(12-6-8)13-7-10-5-9(2)14-15-10/h3-6H,7H2,1-2H3,(H,12,13). The molecular formula is C11H13N3O. The summed E-state index contributed by atoms with van der Waals surface area (Å²) in [5.41, 5.74) is 2.04. The van der Waals surface area contributed by atoms with Crippen LogP contribution in [0.15, 0.2) is 28.9 Å². The summed E-state index contributed by atoms with van der Waals surface area (Å²) in [6.07, 6.45) is 1.83. The Morgan fingerprint density at radius 1 is 1.33 bits per heavy atom. The normalized spacial score (nSPS) is 10.3. The number of pyridine rings is 1. The number of aryl methyl sites for hydroxylation is 2. The Bertz CT molecular complexity index is 433. The van der Waals surface area contributed by atoms with Gasteiger partial charge in [0.15, 0.2) is 5.76 Å². The van der Waals surface area contributed by atoms with Crippen molar-refractivity contribution in [2.75, 3.05) is 5.32 Å². The van der Waals surface area contributed by atoms with Crippen molar-refractivity contribution in [2.45, 2.75) is 20.4 Å². The summed E-state index contributed by atoms with van der Waals surface area (Å²) in [7, 11) is 0. The third kappa shape index (κ3) is 2.56. The zero-order valence-corrected chi connectivity index (χ0v) is 8.82. The molecule has 0 unspecified atom stereocenters. The molecule has 2 aromatic heterocycles. The lowest BCUT2D eigenvalue weighted by Crippen LogP contribution is -1.99. The molecule has 2 aromatic rings. The van der Waals surface area contributed by atoms with E-state index in [9.17, 15) is 0 Å². The van der Waals surface area contributed by atoms with Crippen molar-refractivity contribution in [1.82, 2.24) is 10.1 Å². The average molecular weight is 203 g/mol. The predicted octanol–water partition coefficient (Wildman–Crippen LogP) is 2.30. The summed E-state index contributed by atoms with van der Waals surface area (Å²) in [4.78, 5) is 4.23. The monoisotopic (exact) mass is 203 g/mol. The minimum atomic E-state index is 0.608. The molecule has 0 spiro atoms. The molecule has 0 aliphatic heterocycles. The molecule has 0 bridgehead atoms. The van der Waals surface area contributed by atoms with E-state index in [2.05, 4.69) is 15.5 Å². The molecule has 0 aliphatic rings. The summed E-state index contributed by atoms with van der Waals surface area (Å²) in [5, 5.41) is 6.96. The highest BCUT2D eigenvalue weighted by Gasteiger charge is 2.00. The first-order valence-corrected chi connectivity index (χ1v) is 4.83. The summed E-state index contributed by atoms with van der Waals surface area (Å²) in [6, 6.07) is 5.86. The second kappa shape index (κ2) is 4.13.